The van der Waals surface area contributed by atoms with Gasteiger partial charge in [0.05, 0.1) is 5.56 Å². The molecule has 0 unspecified atom stereocenters. The van der Waals surface area contributed by atoms with Crippen molar-refractivity contribution in [3.05, 3.63) is 53.6 Å². The summed E-state index contributed by atoms with van der Waals surface area (Å²) >= 11 is 0. The van der Waals surface area contributed by atoms with E-state index in [1.54, 1.807) is 25.5 Å². The van der Waals surface area contributed by atoms with E-state index in [0.717, 1.165) is 12.1 Å². The predicted octanol–water partition coefficient (Wildman–Crippen LogP) is 3.15. The number of nitrogens with zero attached hydrogens (tertiary/aromatic N) is 5. The third-order valence-corrected chi connectivity index (χ3v) is 4.44. The molecule has 2 aromatic rings. The molecule has 2 heterocycles. The van der Waals surface area contributed by atoms with Crippen LogP contribution in [0.3, 0.4) is 0 Å². The lowest BCUT2D eigenvalue weighted by Crippen LogP contribution is -2.52. The fraction of sp³-hybridized carbons (Fsp3) is 0.389. The average molecular weight is 524 g/mol. The Balaban J connectivity index is 0.00000300. The number of benzene rings is 1. The summed E-state index contributed by atoms with van der Waals surface area (Å²) in [6.45, 7) is 2.45. The van der Waals surface area contributed by atoms with Gasteiger partial charge in [-0.05, 0) is 23.8 Å². The van der Waals surface area contributed by atoms with Crippen LogP contribution in [0.25, 0.3) is 0 Å². The lowest BCUT2D eigenvalue weighted by Gasteiger charge is -2.36. The van der Waals surface area contributed by atoms with Crippen molar-refractivity contribution in [1.82, 2.24) is 20.2 Å². The minimum absolute atomic E-state index is 0. The van der Waals surface area contributed by atoms with E-state index in [9.17, 15) is 17.6 Å². The highest BCUT2D eigenvalue weighted by Crippen LogP contribution is 2.32. The molecule has 0 atom stereocenters. The number of alkyl halides is 3. The van der Waals surface area contributed by atoms with E-state index in [0.29, 0.717) is 44.2 Å². The summed E-state index contributed by atoms with van der Waals surface area (Å²) < 4.78 is 52.7. The first-order valence-corrected chi connectivity index (χ1v) is 8.71. The van der Waals surface area contributed by atoms with Crippen LogP contribution in [0.1, 0.15) is 11.1 Å². The highest BCUT2D eigenvalue weighted by atomic mass is 127. The SMILES string of the molecule is CN=C(NCc1ccc(F)cc1C(F)(F)F)N1CCN(c2ncccn2)CC1.I. The molecule has 1 saturated heterocycles. The summed E-state index contributed by atoms with van der Waals surface area (Å²) in [7, 11) is 1.57. The number of nitrogens with one attached hydrogen (secondary N) is 1. The molecule has 29 heavy (non-hydrogen) atoms. The average Bonchev–Trinajstić information content (AvgIpc) is 2.70. The van der Waals surface area contributed by atoms with Crippen molar-refractivity contribution >= 4 is 35.9 Å². The van der Waals surface area contributed by atoms with Crippen molar-refractivity contribution < 1.29 is 17.6 Å². The molecule has 0 amide bonds. The van der Waals surface area contributed by atoms with Crippen molar-refractivity contribution in [2.24, 2.45) is 4.99 Å². The Hall–Kier alpha value is -2.18. The lowest BCUT2D eigenvalue weighted by atomic mass is 10.1. The summed E-state index contributed by atoms with van der Waals surface area (Å²) in [5, 5.41) is 2.95. The monoisotopic (exact) mass is 524 g/mol. The molecule has 0 saturated carbocycles. The fourth-order valence-electron chi connectivity index (χ4n) is 3.05. The molecule has 1 N–H and O–H groups in total. The van der Waals surface area contributed by atoms with E-state index in [1.807, 2.05) is 9.80 Å². The third kappa shape index (κ3) is 5.90. The molecule has 1 aromatic carbocycles. The largest absolute Gasteiger partial charge is 0.416 e. The maximum atomic E-state index is 13.2. The van der Waals surface area contributed by atoms with Crippen molar-refractivity contribution in [3.8, 4) is 0 Å². The van der Waals surface area contributed by atoms with Crippen LogP contribution in [0.5, 0.6) is 0 Å². The molecule has 1 aliphatic heterocycles. The van der Waals surface area contributed by atoms with Crippen molar-refractivity contribution in [3.63, 3.8) is 0 Å². The van der Waals surface area contributed by atoms with Crippen molar-refractivity contribution in [1.29, 1.82) is 0 Å². The van der Waals surface area contributed by atoms with Gasteiger partial charge in [0, 0.05) is 52.2 Å². The third-order valence-electron chi connectivity index (χ3n) is 4.44. The first-order chi connectivity index (χ1) is 13.4. The molecule has 0 radical (unpaired) electrons. The summed E-state index contributed by atoms with van der Waals surface area (Å²) in [5.74, 6) is 0.219. The Bertz CT molecular complexity index is 823. The minimum atomic E-state index is -4.62. The summed E-state index contributed by atoms with van der Waals surface area (Å²) in [6.07, 6.45) is -1.27. The lowest BCUT2D eigenvalue weighted by molar-refractivity contribution is -0.138. The van der Waals surface area contributed by atoms with Crippen LogP contribution in [0.15, 0.2) is 41.7 Å². The quantitative estimate of drug-likeness (QED) is 0.290. The Labute approximate surface area is 183 Å². The van der Waals surface area contributed by atoms with Crippen LogP contribution in [0.4, 0.5) is 23.5 Å². The molecule has 1 aliphatic rings. The van der Waals surface area contributed by atoms with Crippen LogP contribution >= 0.6 is 24.0 Å². The number of guanidine groups is 1. The van der Waals surface area contributed by atoms with E-state index in [1.165, 1.54) is 0 Å². The molecule has 1 aromatic heterocycles. The zero-order chi connectivity index (χ0) is 20.1. The van der Waals surface area contributed by atoms with Crippen molar-refractivity contribution in [2.45, 2.75) is 12.7 Å². The minimum Gasteiger partial charge on any atom is -0.352 e. The summed E-state index contributed by atoms with van der Waals surface area (Å²) in [6, 6.07) is 4.42. The van der Waals surface area contributed by atoms with Crippen LogP contribution in [-0.2, 0) is 12.7 Å². The zero-order valence-corrected chi connectivity index (χ0v) is 18.0. The number of piperazine rings is 1. The van der Waals surface area contributed by atoms with Crippen LogP contribution in [0.2, 0.25) is 0 Å². The first-order valence-electron chi connectivity index (χ1n) is 8.71. The van der Waals surface area contributed by atoms with E-state index >= 15 is 0 Å². The van der Waals surface area contributed by atoms with Gasteiger partial charge < -0.3 is 15.1 Å². The van der Waals surface area contributed by atoms with Crippen molar-refractivity contribution in [2.75, 3.05) is 38.1 Å². The smallest absolute Gasteiger partial charge is 0.352 e. The Morgan fingerprint density at radius 2 is 1.79 bits per heavy atom. The Morgan fingerprint density at radius 3 is 2.38 bits per heavy atom. The Kier molecular flexibility index (Phi) is 7.99. The van der Waals surface area contributed by atoms with Gasteiger partial charge in [0.2, 0.25) is 5.95 Å². The summed E-state index contributed by atoms with van der Waals surface area (Å²) in [5.41, 5.74) is -1.02. The van der Waals surface area contributed by atoms with Gasteiger partial charge in [0.1, 0.15) is 5.82 Å². The van der Waals surface area contributed by atoms with Gasteiger partial charge in [-0.25, -0.2) is 14.4 Å². The van der Waals surface area contributed by atoms with Gasteiger partial charge in [0.25, 0.3) is 0 Å². The number of rotatable bonds is 3. The predicted molar refractivity (Wildman–Crippen MR) is 113 cm³/mol. The highest BCUT2D eigenvalue weighted by molar-refractivity contribution is 14.0. The van der Waals surface area contributed by atoms with Gasteiger partial charge in [-0.3, -0.25) is 4.99 Å². The number of hydrogen-bond donors (Lipinski definition) is 1. The second-order valence-corrected chi connectivity index (χ2v) is 6.22. The van der Waals surface area contributed by atoms with Gasteiger partial charge >= 0.3 is 6.18 Å². The van der Waals surface area contributed by atoms with Gasteiger partial charge in [0.15, 0.2) is 5.96 Å². The maximum Gasteiger partial charge on any atom is 0.416 e. The molecule has 6 nitrogen and oxygen atoms in total. The topological polar surface area (TPSA) is 56.7 Å². The van der Waals surface area contributed by atoms with Crippen LogP contribution < -0.4 is 10.2 Å². The van der Waals surface area contributed by atoms with Crippen LogP contribution in [-0.4, -0.2) is 54.1 Å². The molecular formula is C18H21F4IN6. The molecule has 3 rings (SSSR count). The number of hydrogen-bond acceptors (Lipinski definition) is 4. The highest BCUT2D eigenvalue weighted by Gasteiger charge is 2.33. The van der Waals surface area contributed by atoms with E-state index < -0.39 is 17.6 Å². The first kappa shape index (κ1) is 23.1. The molecule has 0 spiro atoms. The number of aliphatic imine (C=N–C) groups is 1. The number of aromatic nitrogens is 2. The standard InChI is InChI=1S/C18H20F4N6.HI/c1-23-16(26-12-13-3-4-14(19)11-15(13)18(20,21)22)27-7-9-28(10-8-27)17-24-5-2-6-25-17;/h2-6,11H,7-10,12H2,1H3,(H,23,26);1H. The fourth-order valence-corrected chi connectivity index (χ4v) is 3.05. The number of halogens is 5. The molecule has 0 bridgehead atoms. The Morgan fingerprint density at radius 1 is 1.14 bits per heavy atom. The van der Waals surface area contributed by atoms with Crippen LogP contribution in [0, 0.1) is 5.82 Å². The van der Waals surface area contributed by atoms with E-state index in [-0.39, 0.29) is 36.1 Å². The van der Waals surface area contributed by atoms with Gasteiger partial charge in [-0.15, -0.1) is 24.0 Å². The molecule has 0 aliphatic carbocycles. The normalized spacial score (nSPS) is 15.1. The molecular weight excluding hydrogens is 503 g/mol. The molecule has 158 valence electrons. The van der Waals surface area contributed by atoms with Gasteiger partial charge in [-0.2, -0.15) is 13.2 Å². The summed E-state index contributed by atoms with van der Waals surface area (Å²) in [4.78, 5) is 16.6. The molecule has 11 heteroatoms. The second kappa shape index (κ2) is 10.0. The zero-order valence-electron chi connectivity index (χ0n) is 15.7. The second-order valence-electron chi connectivity index (χ2n) is 6.22. The van der Waals surface area contributed by atoms with E-state index in [2.05, 4.69) is 20.3 Å². The molecule has 1 fully saturated rings. The van der Waals surface area contributed by atoms with Gasteiger partial charge in [-0.1, -0.05) is 6.07 Å². The maximum absolute atomic E-state index is 13.2. The van der Waals surface area contributed by atoms with E-state index in [4.69, 9.17) is 0 Å². The number of anilines is 1.